The molecule has 1 aliphatic carbocycles. The number of carbonyl (C=O) groups excluding carboxylic acids is 1. The highest BCUT2D eigenvalue weighted by molar-refractivity contribution is 9.10. The summed E-state index contributed by atoms with van der Waals surface area (Å²) in [4.78, 5) is 11.6. The summed E-state index contributed by atoms with van der Waals surface area (Å²) in [5.41, 5.74) is 0. The number of aromatic nitrogens is 2. The largest absolute Gasteiger partial charge is 0.445 e. The quantitative estimate of drug-likeness (QED) is 0.821. The molecule has 20 heavy (non-hydrogen) atoms. The number of rotatable bonds is 3. The molecule has 4 nitrogen and oxygen atoms in total. The van der Waals surface area contributed by atoms with Gasteiger partial charge in [-0.05, 0) is 18.8 Å². The molecule has 1 fully saturated rings. The van der Waals surface area contributed by atoms with Gasteiger partial charge in [0, 0.05) is 0 Å². The van der Waals surface area contributed by atoms with E-state index in [0.717, 1.165) is 25.7 Å². The summed E-state index contributed by atoms with van der Waals surface area (Å²) < 4.78 is 37.1. The molecular formula is C11H13BrF3N3OS. The number of amides is 1. The Hall–Kier alpha value is -0.700. The van der Waals surface area contributed by atoms with Crippen LogP contribution >= 0.6 is 27.3 Å². The van der Waals surface area contributed by atoms with Gasteiger partial charge in [0.05, 0.1) is 4.83 Å². The SMILES string of the molecule is O=C(Nc1nnc(C(F)(F)F)s1)C(Br)C1CCCCC1. The van der Waals surface area contributed by atoms with E-state index in [4.69, 9.17) is 0 Å². The highest BCUT2D eigenvalue weighted by atomic mass is 79.9. The Morgan fingerprint density at radius 3 is 2.50 bits per heavy atom. The Kier molecular flexibility index (Phi) is 5.00. The van der Waals surface area contributed by atoms with E-state index in [1.54, 1.807) is 0 Å². The lowest BCUT2D eigenvalue weighted by atomic mass is 9.87. The smallest absolute Gasteiger partial charge is 0.300 e. The molecule has 1 unspecified atom stereocenters. The second-order valence-electron chi connectivity index (χ2n) is 4.70. The summed E-state index contributed by atoms with van der Waals surface area (Å²) in [7, 11) is 0. The van der Waals surface area contributed by atoms with Crippen LogP contribution in [0.15, 0.2) is 0 Å². The van der Waals surface area contributed by atoms with Crippen LogP contribution in [0.3, 0.4) is 0 Å². The molecule has 2 rings (SSSR count). The van der Waals surface area contributed by atoms with Crippen LogP contribution in [0.5, 0.6) is 0 Å². The van der Waals surface area contributed by atoms with Crippen molar-refractivity contribution in [3.63, 3.8) is 0 Å². The van der Waals surface area contributed by atoms with Crippen molar-refractivity contribution in [2.45, 2.75) is 43.1 Å². The van der Waals surface area contributed by atoms with Crippen molar-refractivity contribution < 1.29 is 18.0 Å². The Labute approximate surface area is 126 Å². The number of hydrogen-bond donors (Lipinski definition) is 1. The minimum Gasteiger partial charge on any atom is -0.300 e. The molecule has 1 aromatic rings. The molecule has 1 aromatic heterocycles. The van der Waals surface area contributed by atoms with E-state index in [1.807, 2.05) is 0 Å². The van der Waals surface area contributed by atoms with Crippen LogP contribution in [0.1, 0.15) is 37.1 Å². The lowest BCUT2D eigenvalue weighted by Crippen LogP contribution is -2.31. The summed E-state index contributed by atoms with van der Waals surface area (Å²) >= 11 is 3.66. The van der Waals surface area contributed by atoms with Gasteiger partial charge in [-0.3, -0.25) is 10.1 Å². The van der Waals surface area contributed by atoms with E-state index in [0.29, 0.717) is 11.3 Å². The topological polar surface area (TPSA) is 54.9 Å². The average Bonchev–Trinajstić information content (AvgIpc) is 2.87. The zero-order chi connectivity index (χ0) is 14.8. The van der Waals surface area contributed by atoms with Crippen LogP contribution in [0, 0.1) is 5.92 Å². The van der Waals surface area contributed by atoms with Gasteiger partial charge < -0.3 is 0 Å². The number of nitrogens with one attached hydrogen (secondary N) is 1. The fourth-order valence-electron chi connectivity index (χ4n) is 2.20. The maximum atomic E-state index is 12.4. The molecule has 112 valence electrons. The van der Waals surface area contributed by atoms with Crippen LogP contribution in [0.25, 0.3) is 0 Å². The predicted molar refractivity (Wildman–Crippen MR) is 72.8 cm³/mol. The first-order valence-electron chi connectivity index (χ1n) is 6.23. The van der Waals surface area contributed by atoms with Crippen LogP contribution in [0.4, 0.5) is 18.3 Å². The lowest BCUT2D eigenvalue weighted by molar-refractivity contribution is -0.138. The maximum Gasteiger partial charge on any atom is 0.445 e. The molecule has 1 aliphatic rings. The molecule has 9 heteroatoms. The molecule has 1 N–H and O–H groups in total. The average molecular weight is 372 g/mol. The van der Waals surface area contributed by atoms with Crippen molar-refractivity contribution >= 4 is 38.3 Å². The van der Waals surface area contributed by atoms with E-state index < -0.39 is 16.0 Å². The van der Waals surface area contributed by atoms with Crippen molar-refractivity contribution in [1.82, 2.24) is 10.2 Å². The van der Waals surface area contributed by atoms with Crippen LogP contribution in [0.2, 0.25) is 0 Å². The first-order chi connectivity index (χ1) is 9.38. The number of nitrogens with zero attached hydrogens (tertiary/aromatic N) is 2. The first kappa shape index (κ1) is 15.7. The van der Waals surface area contributed by atoms with Gasteiger partial charge in [0.1, 0.15) is 0 Å². The molecule has 1 heterocycles. The second-order valence-corrected chi connectivity index (χ2v) is 6.66. The molecule has 0 spiro atoms. The summed E-state index contributed by atoms with van der Waals surface area (Å²) in [5.74, 6) is -0.138. The minimum atomic E-state index is -4.53. The Morgan fingerprint density at radius 1 is 1.30 bits per heavy atom. The Bertz CT molecular complexity index is 474. The van der Waals surface area contributed by atoms with E-state index in [9.17, 15) is 18.0 Å². The molecule has 0 bridgehead atoms. The molecule has 0 saturated heterocycles. The van der Waals surface area contributed by atoms with Gasteiger partial charge in [-0.1, -0.05) is 46.5 Å². The summed E-state index contributed by atoms with van der Waals surface area (Å²) in [6, 6.07) is 0. The number of halogens is 4. The van der Waals surface area contributed by atoms with Crippen molar-refractivity contribution in [1.29, 1.82) is 0 Å². The Balaban J connectivity index is 1.95. The number of hydrogen-bond acceptors (Lipinski definition) is 4. The number of anilines is 1. The zero-order valence-electron chi connectivity index (χ0n) is 10.4. The summed E-state index contributed by atoms with van der Waals surface area (Å²) in [5, 5.41) is 7.58. The van der Waals surface area contributed by atoms with E-state index >= 15 is 0 Å². The molecular weight excluding hydrogens is 359 g/mol. The Morgan fingerprint density at radius 2 is 1.95 bits per heavy atom. The normalized spacial score (nSPS) is 18.8. The van der Waals surface area contributed by atoms with E-state index in [1.165, 1.54) is 6.42 Å². The third-order valence-corrected chi connectivity index (χ3v) is 5.26. The summed E-state index contributed by atoms with van der Waals surface area (Å²) in [6.07, 6.45) is 0.704. The third-order valence-electron chi connectivity index (χ3n) is 3.21. The standard InChI is InChI=1S/C11H13BrF3N3OS/c12-7(6-4-2-1-3-5-6)8(19)16-10-18-17-9(20-10)11(13,14)15/h6-7H,1-5H2,(H,16,18,19). The van der Waals surface area contributed by atoms with Gasteiger partial charge in [-0.25, -0.2) is 0 Å². The van der Waals surface area contributed by atoms with Gasteiger partial charge in [-0.15, -0.1) is 10.2 Å². The van der Waals surface area contributed by atoms with Gasteiger partial charge in [-0.2, -0.15) is 13.2 Å². The molecule has 0 aliphatic heterocycles. The van der Waals surface area contributed by atoms with E-state index in [-0.39, 0.29) is 17.0 Å². The van der Waals surface area contributed by atoms with Crippen LogP contribution in [-0.4, -0.2) is 20.9 Å². The first-order valence-corrected chi connectivity index (χ1v) is 7.97. The van der Waals surface area contributed by atoms with Crippen molar-refractivity contribution in [2.75, 3.05) is 5.32 Å². The second kappa shape index (κ2) is 6.38. The van der Waals surface area contributed by atoms with Crippen LogP contribution < -0.4 is 5.32 Å². The molecule has 1 saturated carbocycles. The maximum absolute atomic E-state index is 12.4. The molecule has 1 atom stereocenters. The zero-order valence-corrected chi connectivity index (χ0v) is 12.8. The van der Waals surface area contributed by atoms with Crippen molar-refractivity contribution in [2.24, 2.45) is 5.92 Å². The number of carbonyl (C=O) groups is 1. The third kappa shape index (κ3) is 3.91. The molecule has 1 amide bonds. The highest BCUT2D eigenvalue weighted by Crippen LogP contribution is 2.34. The van der Waals surface area contributed by atoms with Crippen molar-refractivity contribution in [3.8, 4) is 0 Å². The van der Waals surface area contributed by atoms with Gasteiger partial charge in [0.25, 0.3) is 0 Å². The fourth-order valence-corrected chi connectivity index (χ4v) is 3.46. The van der Waals surface area contributed by atoms with E-state index in [2.05, 4.69) is 31.4 Å². The molecule has 0 aromatic carbocycles. The number of alkyl halides is 4. The van der Waals surface area contributed by atoms with Crippen LogP contribution in [-0.2, 0) is 11.0 Å². The predicted octanol–water partition coefficient (Wildman–Crippen LogP) is 3.84. The monoisotopic (exact) mass is 371 g/mol. The highest BCUT2D eigenvalue weighted by Gasteiger charge is 2.36. The lowest BCUT2D eigenvalue weighted by Gasteiger charge is -2.25. The fraction of sp³-hybridized carbons (Fsp3) is 0.727. The summed E-state index contributed by atoms with van der Waals surface area (Å²) in [6.45, 7) is 0. The van der Waals surface area contributed by atoms with Crippen molar-refractivity contribution in [3.05, 3.63) is 5.01 Å². The van der Waals surface area contributed by atoms with Gasteiger partial charge >= 0.3 is 6.18 Å². The van der Waals surface area contributed by atoms with Gasteiger partial charge in [0.15, 0.2) is 0 Å². The van der Waals surface area contributed by atoms with Gasteiger partial charge in [0.2, 0.25) is 16.0 Å². The molecule has 0 radical (unpaired) electrons. The minimum absolute atomic E-state index is 0.123.